The van der Waals surface area contributed by atoms with Gasteiger partial charge in [-0.05, 0) is 61.2 Å². The number of fused-ring (bicyclic) bond motifs is 1. The van der Waals surface area contributed by atoms with Gasteiger partial charge in [0.1, 0.15) is 11.4 Å². The third kappa shape index (κ3) is 6.38. The van der Waals surface area contributed by atoms with Crippen LogP contribution in [0.3, 0.4) is 0 Å². The van der Waals surface area contributed by atoms with Gasteiger partial charge in [0.2, 0.25) is 0 Å². The van der Waals surface area contributed by atoms with Gasteiger partial charge >= 0.3 is 0 Å². The van der Waals surface area contributed by atoms with Crippen molar-refractivity contribution in [2.24, 2.45) is 0 Å². The van der Waals surface area contributed by atoms with Gasteiger partial charge in [0, 0.05) is 29.6 Å². The number of aromatic nitrogens is 2. The Morgan fingerprint density at radius 2 is 1.82 bits per heavy atom. The highest BCUT2D eigenvalue weighted by molar-refractivity contribution is 6.72. The molecule has 2 aromatic carbocycles. The maximum atomic E-state index is 11.3. The van der Waals surface area contributed by atoms with E-state index in [0.29, 0.717) is 12.4 Å². The van der Waals surface area contributed by atoms with Gasteiger partial charge < -0.3 is 13.9 Å². The number of nitro benzene ring substituents is 1. The zero-order chi connectivity index (χ0) is 27.5. The number of nitro groups is 1. The van der Waals surface area contributed by atoms with Gasteiger partial charge in [-0.2, -0.15) is 0 Å². The van der Waals surface area contributed by atoms with Crippen molar-refractivity contribution in [3.05, 3.63) is 93.8 Å². The zero-order valence-corrected chi connectivity index (χ0v) is 23.6. The molecule has 2 aromatic heterocycles. The van der Waals surface area contributed by atoms with Crippen molar-refractivity contribution in [1.29, 1.82) is 0 Å². The van der Waals surface area contributed by atoms with Gasteiger partial charge in [0.15, 0.2) is 8.32 Å². The average Bonchev–Trinajstić information content (AvgIpc) is 3.28. The van der Waals surface area contributed by atoms with Crippen molar-refractivity contribution in [3.63, 3.8) is 0 Å². The molecule has 0 aliphatic carbocycles. The SMILES string of the molecule is Cc1ccc2nc(-c3ccc(/C=C/c4ccc([N+](=O)[O-])cc4OCCCC(C)(C)[Si](C)(C)O)cc3)cn2c1. The first-order chi connectivity index (χ1) is 17.9. The summed E-state index contributed by atoms with van der Waals surface area (Å²) in [6.45, 7) is 10.5. The molecule has 0 amide bonds. The van der Waals surface area contributed by atoms with Crippen LogP contribution in [0.4, 0.5) is 5.69 Å². The van der Waals surface area contributed by atoms with Gasteiger partial charge in [-0.1, -0.05) is 56.3 Å². The molecular formula is C30H35N3O4Si. The monoisotopic (exact) mass is 529 g/mol. The molecule has 0 spiro atoms. The molecule has 0 aliphatic rings. The normalized spacial score (nSPS) is 12.4. The van der Waals surface area contributed by atoms with Crippen molar-refractivity contribution >= 4 is 31.8 Å². The van der Waals surface area contributed by atoms with Crippen LogP contribution >= 0.6 is 0 Å². The van der Waals surface area contributed by atoms with Crippen LogP contribution < -0.4 is 4.74 Å². The second-order valence-corrected chi connectivity index (χ2v) is 15.4. The summed E-state index contributed by atoms with van der Waals surface area (Å²) < 4.78 is 8.04. The minimum Gasteiger partial charge on any atom is -0.493 e. The molecule has 0 radical (unpaired) electrons. The van der Waals surface area contributed by atoms with Crippen LogP contribution in [0, 0.1) is 17.0 Å². The highest BCUT2D eigenvalue weighted by atomic mass is 28.4. The topological polar surface area (TPSA) is 89.9 Å². The molecule has 0 saturated carbocycles. The Kier molecular flexibility index (Phi) is 7.85. The van der Waals surface area contributed by atoms with Crippen LogP contribution in [0.15, 0.2) is 67.0 Å². The summed E-state index contributed by atoms with van der Waals surface area (Å²) in [5.74, 6) is 0.477. The number of aryl methyl sites for hydroxylation is 1. The predicted octanol–water partition coefficient (Wildman–Crippen LogP) is 7.52. The van der Waals surface area contributed by atoms with E-state index >= 15 is 0 Å². The largest absolute Gasteiger partial charge is 0.493 e. The highest BCUT2D eigenvalue weighted by Gasteiger charge is 2.37. The number of ether oxygens (including phenoxy) is 1. The molecule has 0 atom stereocenters. The van der Waals surface area contributed by atoms with Crippen LogP contribution in [0.5, 0.6) is 5.75 Å². The number of rotatable bonds is 10. The highest BCUT2D eigenvalue weighted by Crippen LogP contribution is 2.39. The van der Waals surface area contributed by atoms with E-state index in [1.807, 2.05) is 72.2 Å². The Bertz CT molecular complexity index is 1470. The Morgan fingerprint density at radius 1 is 1.08 bits per heavy atom. The van der Waals surface area contributed by atoms with E-state index in [9.17, 15) is 14.9 Å². The second-order valence-electron chi connectivity index (χ2n) is 10.9. The van der Waals surface area contributed by atoms with Crippen LogP contribution in [0.25, 0.3) is 29.1 Å². The Morgan fingerprint density at radius 3 is 2.50 bits per heavy atom. The van der Waals surface area contributed by atoms with Gasteiger partial charge in [0.25, 0.3) is 5.69 Å². The van der Waals surface area contributed by atoms with E-state index in [1.165, 1.54) is 17.7 Å². The molecule has 0 aliphatic heterocycles. The molecule has 4 aromatic rings. The van der Waals surface area contributed by atoms with E-state index in [1.54, 1.807) is 6.07 Å². The number of pyridine rings is 1. The molecule has 7 nitrogen and oxygen atoms in total. The van der Waals surface area contributed by atoms with Crippen molar-refractivity contribution in [3.8, 4) is 17.0 Å². The summed E-state index contributed by atoms with van der Waals surface area (Å²) >= 11 is 0. The molecule has 0 fully saturated rings. The van der Waals surface area contributed by atoms with Crippen LogP contribution in [-0.4, -0.2) is 34.0 Å². The first kappa shape index (κ1) is 27.3. The van der Waals surface area contributed by atoms with Crippen molar-refractivity contribution < 1.29 is 14.5 Å². The van der Waals surface area contributed by atoms with E-state index in [2.05, 4.69) is 27.0 Å². The smallest absolute Gasteiger partial charge is 0.273 e. The summed E-state index contributed by atoms with van der Waals surface area (Å²) in [5.41, 5.74) is 5.78. The van der Waals surface area contributed by atoms with Gasteiger partial charge in [-0.15, -0.1) is 0 Å². The van der Waals surface area contributed by atoms with Crippen LogP contribution in [0.1, 0.15) is 43.4 Å². The molecule has 1 N–H and O–H groups in total. The lowest BCUT2D eigenvalue weighted by atomic mass is 10.1. The first-order valence-electron chi connectivity index (χ1n) is 12.8. The number of benzene rings is 2. The number of nitrogens with zero attached hydrogens (tertiary/aromatic N) is 3. The quantitative estimate of drug-likeness (QED) is 0.0754. The Labute approximate surface area is 224 Å². The first-order valence-corrected chi connectivity index (χ1v) is 15.8. The molecule has 8 heteroatoms. The minimum absolute atomic E-state index is 0.00613. The van der Waals surface area contributed by atoms with Crippen molar-refractivity contribution in [2.45, 2.75) is 51.7 Å². The zero-order valence-electron chi connectivity index (χ0n) is 22.6. The summed E-state index contributed by atoms with van der Waals surface area (Å²) in [7, 11) is -2.30. The van der Waals surface area contributed by atoms with E-state index < -0.39 is 13.2 Å². The lowest BCUT2D eigenvalue weighted by Crippen LogP contribution is -2.39. The summed E-state index contributed by atoms with van der Waals surface area (Å²) in [6, 6.07) is 16.9. The third-order valence-corrected chi connectivity index (χ3v) is 10.9. The lowest BCUT2D eigenvalue weighted by Gasteiger charge is -2.35. The van der Waals surface area contributed by atoms with Gasteiger partial charge in [0.05, 0.1) is 23.3 Å². The molecule has 2 heterocycles. The summed E-state index contributed by atoms with van der Waals surface area (Å²) in [5, 5.41) is 11.2. The van der Waals surface area contributed by atoms with Crippen LogP contribution in [0.2, 0.25) is 18.1 Å². The minimum atomic E-state index is -2.30. The molecular weight excluding hydrogens is 494 g/mol. The summed E-state index contributed by atoms with van der Waals surface area (Å²) in [4.78, 5) is 26.1. The molecule has 0 bridgehead atoms. The molecule has 38 heavy (non-hydrogen) atoms. The van der Waals surface area contributed by atoms with E-state index in [4.69, 9.17) is 9.72 Å². The van der Waals surface area contributed by atoms with Gasteiger partial charge in [-0.3, -0.25) is 10.1 Å². The maximum Gasteiger partial charge on any atom is 0.273 e. The molecule has 198 valence electrons. The Balaban J connectivity index is 1.47. The fourth-order valence-corrected chi connectivity index (χ4v) is 4.88. The third-order valence-electron chi connectivity index (χ3n) is 7.33. The molecule has 0 unspecified atom stereocenters. The number of non-ortho nitro benzene ring substituents is 1. The molecule has 0 saturated heterocycles. The van der Waals surface area contributed by atoms with Crippen LogP contribution in [-0.2, 0) is 0 Å². The maximum absolute atomic E-state index is 11.3. The predicted molar refractivity (Wildman–Crippen MR) is 156 cm³/mol. The number of hydrogen-bond donors (Lipinski definition) is 1. The van der Waals surface area contributed by atoms with Crippen molar-refractivity contribution in [1.82, 2.24) is 9.38 Å². The van der Waals surface area contributed by atoms with Crippen molar-refractivity contribution in [2.75, 3.05) is 6.61 Å². The van der Waals surface area contributed by atoms with E-state index in [-0.39, 0.29) is 10.7 Å². The molecule has 4 rings (SSSR count). The standard InChI is InChI=1S/C30H35N3O4Si/c1-22-7-16-29-31-27(21-32(29)20-22)24-11-8-23(9-12-24)10-13-25-14-15-26(33(34)35)19-28(25)37-18-6-17-30(2,3)38(4,5)36/h7-16,19-21,36H,6,17-18H2,1-5H3/b13-10+. The summed E-state index contributed by atoms with van der Waals surface area (Å²) in [6.07, 6.45) is 9.53. The average molecular weight is 530 g/mol. The second kappa shape index (κ2) is 10.9. The van der Waals surface area contributed by atoms with Gasteiger partial charge in [-0.25, -0.2) is 4.98 Å². The lowest BCUT2D eigenvalue weighted by molar-refractivity contribution is -0.384. The fraction of sp³-hybridized carbons (Fsp3) is 0.300. The number of hydrogen-bond acceptors (Lipinski definition) is 5. The Hall–Kier alpha value is -3.75. The fourth-order valence-electron chi connectivity index (χ4n) is 4.09. The number of imidazole rings is 1. The van der Waals surface area contributed by atoms with E-state index in [0.717, 1.165) is 40.9 Å².